The summed E-state index contributed by atoms with van der Waals surface area (Å²) in [6, 6.07) is 12.9. The lowest BCUT2D eigenvalue weighted by atomic mass is 9.94. The van der Waals surface area contributed by atoms with E-state index in [1.807, 2.05) is 37.3 Å². The molecule has 2 aromatic rings. The molecule has 1 aromatic heterocycles. The van der Waals surface area contributed by atoms with E-state index < -0.39 is 15.1 Å². The summed E-state index contributed by atoms with van der Waals surface area (Å²) in [6.07, 6.45) is 5.86. The molecule has 2 atom stereocenters. The van der Waals surface area contributed by atoms with Crippen molar-refractivity contribution in [2.24, 2.45) is 0 Å². The van der Waals surface area contributed by atoms with Crippen LogP contribution >= 0.6 is 0 Å². The van der Waals surface area contributed by atoms with Gasteiger partial charge in [0.2, 0.25) is 0 Å². The van der Waals surface area contributed by atoms with Gasteiger partial charge in [-0.15, -0.1) is 0 Å². The number of aromatic hydroxyl groups is 1. The summed E-state index contributed by atoms with van der Waals surface area (Å²) in [6.45, 7) is 2.28. The second-order valence-corrected chi connectivity index (χ2v) is 9.73. The van der Waals surface area contributed by atoms with Gasteiger partial charge in [-0.3, -0.25) is 4.98 Å². The van der Waals surface area contributed by atoms with Crippen LogP contribution in [0.25, 0.3) is 11.6 Å². The van der Waals surface area contributed by atoms with Gasteiger partial charge in [-0.1, -0.05) is 30.7 Å². The highest BCUT2D eigenvalue weighted by molar-refractivity contribution is 7.92. The second kappa shape index (κ2) is 8.13. The molecule has 1 saturated heterocycles. The minimum atomic E-state index is -3.11. The van der Waals surface area contributed by atoms with E-state index in [0.717, 1.165) is 40.8 Å². The molecule has 0 bridgehead atoms. The number of rotatable bonds is 6. The van der Waals surface area contributed by atoms with Crippen LogP contribution in [0.4, 0.5) is 0 Å². The van der Waals surface area contributed by atoms with Gasteiger partial charge in [-0.2, -0.15) is 0 Å². The molecule has 5 nitrogen and oxygen atoms in total. The molecule has 4 rings (SSSR count). The number of fused-ring (bicyclic) bond motifs is 1. The summed E-state index contributed by atoms with van der Waals surface area (Å²) in [5, 5.41) is 9.07. The first-order valence-corrected chi connectivity index (χ1v) is 11.7. The number of hydrogen-bond acceptors (Lipinski definition) is 5. The van der Waals surface area contributed by atoms with Crippen LogP contribution in [0.2, 0.25) is 0 Å². The molecular weight excluding hydrogens is 386 g/mol. The Morgan fingerprint density at radius 1 is 1.24 bits per heavy atom. The fourth-order valence-electron chi connectivity index (χ4n) is 4.20. The van der Waals surface area contributed by atoms with Crippen molar-refractivity contribution in [3.05, 3.63) is 71.1 Å². The Kier molecular flexibility index (Phi) is 5.56. The third-order valence-electron chi connectivity index (χ3n) is 5.69. The minimum absolute atomic E-state index is 0.154. The smallest absolute Gasteiger partial charge is 0.163 e. The molecule has 1 aromatic carbocycles. The zero-order valence-corrected chi connectivity index (χ0v) is 17.2. The molecule has 0 radical (unpaired) electrons. The second-order valence-electron chi connectivity index (χ2n) is 7.55. The Morgan fingerprint density at radius 2 is 2.03 bits per heavy atom. The Morgan fingerprint density at radius 3 is 2.72 bits per heavy atom. The number of nitrogens with zero attached hydrogens (tertiary/aromatic N) is 1. The Bertz CT molecular complexity index is 1040. The molecule has 152 valence electrons. The maximum absolute atomic E-state index is 12.4. The van der Waals surface area contributed by atoms with Gasteiger partial charge in [0, 0.05) is 6.20 Å². The zero-order chi connectivity index (χ0) is 20.4. The lowest BCUT2D eigenvalue weighted by Gasteiger charge is -2.15. The SMILES string of the molecule is CCC1=C2[C@@H](CC/C(=C/c3ccc(O)cc3)c3ccccn3)OC[C@@H]2S(=O)(=O)C1. The third-order valence-corrected chi connectivity index (χ3v) is 7.70. The van der Waals surface area contributed by atoms with E-state index in [1.165, 1.54) is 0 Å². The average molecular weight is 412 g/mol. The van der Waals surface area contributed by atoms with Crippen molar-refractivity contribution in [2.75, 3.05) is 12.4 Å². The van der Waals surface area contributed by atoms with Gasteiger partial charge in [-0.25, -0.2) is 8.42 Å². The molecule has 2 aliphatic heterocycles. The van der Waals surface area contributed by atoms with Crippen molar-refractivity contribution in [1.29, 1.82) is 0 Å². The topological polar surface area (TPSA) is 76.5 Å². The quantitative estimate of drug-likeness (QED) is 0.727. The normalized spacial score (nSPS) is 23.4. The molecule has 3 heterocycles. The maximum Gasteiger partial charge on any atom is 0.163 e. The summed E-state index contributed by atoms with van der Waals surface area (Å²) >= 11 is 0. The van der Waals surface area contributed by atoms with E-state index in [1.54, 1.807) is 18.3 Å². The van der Waals surface area contributed by atoms with Crippen LogP contribution < -0.4 is 0 Å². The molecule has 1 N–H and O–H groups in total. The van der Waals surface area contributed by atoms with Gasteiger partial charge in [0.25, 0.3) is 0 Å². The maximum atomic E-state index is 12.4. The molecule has 6 heteroatoms. The first kappa shape index (κ1) is 19.9. The molecule has 2 aliphatic rings. The first-order chi connectivity index (χ1) is 14.0. The number of sulfone groups is 1. The van der Waals surface area contributed by atoms with E-state index in [9.17, 15) is 13.5 Å². The predicted octanol–water partition coefficient (Wildman–Crippen LogP) is 4.01. The average Bonchev–Trinajstić information content (AvgIpc) is 3.26. The van der Waals surface area contributed by atoms with Crippen molar-refractivity contribution >= 4 is 21.5 Å². The van der Waals surface area contributed by atoms with Gasteiger partial charge in [0.1, 0.15) is 11.0 Å². The number of pyridine rings is 1. The highest BCUT2D eigenvalue weighted by atomic mass is 32.2. The summed E-state index contributed by atoms with van der Waals surface area (Å²) in [4.78, 5) is 4.49. The van der Waals surface area contributed by atoms with Crippen molar-refractivity contribution < 1.29 is 18.3 Å². The van der Waals surface area contributed by atoms with E-state index in [2.05, 4.69) is 11.1 Å². The van der Waals surface area contributed by atoms with Gasteiger partial charge < -0.3 is 9.84 Å². The lowest BCUT2D eigenvalue weighted by Crippen LogP contribution is -2.19. The van der Waals surface area contributed by atoms with Crippen molar-refractivity contribution in [1.82, 2.24) is 4.98 Å². The number of phenolic OH excluding ortho intramolecular Hbond substituents is 1. The van der Waals surface area contributed by atoms with Gasteiger partial charge in [0.05, 0.1) is 24.2 Å². The van der Waals surface area contributed by atoms with Crippen LogP contribution in [0.5, 0.6) is 5.75 Å². The Balaban J connectivity index is 1.59. The summed E-state index contributed by atoms with van der Waals surface area (Å²) in [7, 11) is -3.11. The van der Waals surface area contributed by atoms with Gasteiger partial charge >= 0.3 is 0 Å². The van der Waals surface area contributed by atoms with Crippen molar-refractivity contribution in [3.63, 3.8) is 0 Å². The van der Waals surface area contributed by atoms with Crippen LogP contribution in [-0.4, -0.2) is 42.2 Å². The number of ether oxygens (including phenoxy) is 1. The molecule has 0 saturated carbocycles. The van der Waals surface area contributed by atoms with Crippen molar-refractivity contribution in [2.45, 2.75) is 37.5 Å². The molecule has 0 aliphatic carbocycles. The largest absolute Gasteiger partial charge is 0.508 e. The van der Waals surface area contributed by atoms with Crippen molar-refractivity contribution in [3.8, 4) is 5.75 Å². The van der Waals surface area contributed by atoms with E-state index in [-0.39, 0.29) is 24.2 Å². The van der Waals surface area contributed by atoms with Crippen LogP contribution in [0, 0.1) is 0 Å². The van der Waals surface area contributed by atoms with Crippen LogP contribution in [-0.2, 0) is 14.6 Å². The zero-order valence-electron chi connectivity index (χ0n) is 16.4. The van der Waals surface area contributed by atoms with Gasteiger partial charge in [0.15, 0.2) is 9.84 Å². The van der Waals surface area contributed by atoms with E-state index >= 15 is 0 Å². The fraction of sp³-hybridized carbons (Fsp3) is 0.348. The number of phenols is 1. The Labute approximate surface area is 171 Å². The standard InChI is InChI=1S/C23H25NO4S/c1-2-17-15-29(26,27)22-14-28-21(23(17)22)11-8-18(20-5-3-4-12-24-20)13-16-6-9-19(25)10-7-16/h3-7,9-10,12-13,21-22,25H,2,8,11,14-15H2,1H3/b18-13-/t21-,22+/m1/s1. The highest BCUT2D eigenvalue weighted by Crippen LogP contribution is 2.40. The summed E-state index contributed by atoms with van der Waals surface area (Å²) in [5.74, 6) is 0.410. The van der Waals surface area contributed by atoms with Crippen LogP contribution in [0.3, 0.4) is 0 Å². The number of hydrogen-bond donors (Lipinski definition) is 1. The molecule has 0 amide bonds. The fourth-order valence-corrected chi connectivity index (χ4v) is 6.25. The molecule has 1 fully saturated rings. The molecule has 29 heavy (non-hydrogen) atoms. The molecule has 0 spiro atoms. The van der Waals surface area contributed by atoms with Gasteiger partial charge in [-0.05, 0) is 66.3 Å². The third kappa shape index (κ3) is 4.14. The van der Waals surface area contributed by atoms with Crippen LogP contribution in [0.1, 0.15) is 37.4 Å². The number of aromatic nitrogens is 1. The molecular formula is C23H25NO4S. The molecule has 0 unspecified atom stereocenters. The van der Waals surface area contributed by atoms with E-state index in [0.29, 0.717) is 6.42 Å². The summed E-state index contributed by atoms with van der Waals surface area (Å²) in [5.41, 5.74) is 4.95. The highest BCUT2D eigenvalue weighted by Gasteiger charge is 2.46. The predicted molar refractivity (Wildman–Crippen MR) is 114 cm³/mol. The van der Waals surface area contributed by atoms with E-state index in [4.69, 9.17) is 4.74 Å². The Hall–Kier alpha value is -2.44. The summed E-state index contributed by atoms with van der Waals surface area (Å²) < 4.78 is 30.8. The monoisotopic (exact) mass is 411 g/mol. The number of benzene rings is 1. The minimum Gasteiger partial charge on any atom is -0.508 e. The van der Waals surface area contributed by atoms with Crippen LogP contribution in [0.15, 0.2) is 59.8 Å². The first-order valence-electron chi connectivity index (χ1n) is 9.94. The number of allylic oxidation sites excluding steroid dienone is 1. The lowest BCUT2D eigenvalue weighted by molar-refractivity contribution is 0.118.